The number of methoxy groups -OCH3 is 1. The Morgan fingerprint density at radius 2 is 2.24 bits per heavy atom. The zero-order chi connectivity index (χ0) is 12.7. The van der Waals surface area contributed by atoms with Gasteiger partial charge < -0.3 is 10.1 Å². The van der Waals surface area contributed by atoms with Gasteiger partial charge in [-0.1, -0.05) is 6.08 Å². The normalized spacial score (nSPS) is 10.5. The zero-order valence-corrected chi connectivity index (χ0v) is 10.7. The molecule has 1 N–H and O–H groups in total. The third-order valence-electron chi connectivity index (χ3n) is 1.98. The van der Waals surface area contributed by atoms with Crippen molar-refractivity contribution in [3.05, 3.63) is 28.0 Å². The van der Waals surface area contributed by atoms with Crippen molar-refractivity contribution < 1.29 is 14.3 Å². The molecule has 0 aromatic carbocycles. The van der Waals surface area contributed by atoms with E-state index in [1.54, 1.807) is 6.07 Å². The second kappa shape index (κ2) is 6.85. The summed E-state index contributed by atoms with van der Waals surface area (Å²) in [7, 11) is 1.37. The van der Waals surface area contributed by atoms with Crippen LogP contribution in [0.5, 0.6) is 0 Å². The van der Waals surface area contributed by atoms with Crippen molar-refractivity contribution in [3.63, 3.8) is 0 Å². The van der Waals surface area contributed by atoms with Crippen LogP contribution in [0.3, 0.4) is 0 Å². The molecule has 0 aliphatic carbocycles. The van der Waals surface area contributed by atoms with Crippen molar-refractivity contribution in [3.8, 4) is 0 Å². The minimum atomic E-state index is -0.312. The number of carbonyl (C=O) groups excluding carboxylic acids is 2. The van der Waals surface area contributed by atoms with Gasteiger partial charge in [-0.3, -0.25) is 4.79 Å². The second-order valence-corrected chi connectivity index (χ2v) is 4.48. The molecule has 0 fully saturated rings. The van der Waals surface area contributed by atoms with Crippen LogP contribution in [0.1, 0.15) is 27.9 Å². The van der Waals surface area contributed by atoms with Crippen LogP contribution in [-0.2, 0) is 9.53 Å². The maximum Gasteiger partial charge on any atom is 0.348 e. The molecule has 0 unspecified atom stereocenters. The fraction of sp³-hybridized carbons (Fsp3) is 0.333. The van der Waals surface area contributed by atoms with Gasteiger partial charge in [0, 0.05) is 18.3 Å². The molecule has 4 nitrogen and oxygen atoms in total. The smallest absolute Gasteiger partial charge is 0.348 e. The lowest BCUT2D eigenvalue weighted by Gasteiger charge is -1.96. The molecule has 17 heavy (non-hydrogen) atoms. The highest BCUT2D eigenvalue weighted by atomic mass is 32.1. The van der Waals surface area contributed by atoms with E-state index in [0.29, 0.717) is 11.4 Å². The number of rotatable bonds is 5. The minimum Gasteiger partial charge on any atom is -0.465 e. The standard InChI is InChI=1S/C12H15NO3S/c1-9(14)13-8-4-3-5-10-6-7-11(17-10)12(15)16-2/h3,5-7H,4,8H2,1-2H3,(H,13,14). The van der Waals surface area contributed by atoms with Gasteiger partial charge in [0.1, 0.15) is 4.88 Å². The molecule has 1 aromatic heterocycles. The first-order chi connectivity index (χ1) is 8.13. The van der Waals surface area contributed by atoms with Gasteiger partial charge in [-0.05, 0) is 24.6 Å². The number of nitrogens with one attached hydrogen (secondary N) is 1. The number of thiophene rings is 1. The van der Waals surface area contributed by atoms with E-state index in [-0.39, 0.29) is 11.9 Å². The molecular weight excluding hydrogens is 238 g/mol. The Bertz CT molecular complexity index is 423. The zero-order valence-electron chi connectivity index (χ0n) is 9.86. The molecular formula is C12H15NO3S. The Hall–Kier alpha value is -1.62. The van der Waals surface area contributed by atoms with Crippen LogP contribution in [0.4, 0.5) is 0 Å². The third kappa shape index (κ3) is 4.82. The minimum absolute atomic E-state index is 0.0255. The molecule has 0 spiro atoms. The van der Waals surface area contributed by atoms with Crippen LogP contribution in [0.2, 0.25) is 0 Å². The maximum absolute atomic E-state index is 11.2. The summed E-state index contributed by atoms with van der Waals surface area (Å²) in [6.45, 7) is 2.12. The van der Waals surface area contributed by atoms with Crippen LogP contribution >= 0.6 is 11.3 Å². The van der Waals surface area contributed by atoms with Crippen molar-refractivity contribution in [1.29, 1.82) is 0 Å². The van der Waals surface area contributed by atoms with Crippen LogP contribution in [0.25, 0.3) is 6.08 Å². The number of ether oxygens (including phenoxy) is 1. The van der Waals surface area contributed by atoms with Crippen LogP contribution in [0, 0.1) is 0 Å². The molecule has 5 heteroatoms. The lowest BCUT2D eigenvalue weighted by Crippen LogP contribution is -2.20. The van der Waals surface area contributed by atoms with Crippen LogP contribution in [-0.4, -0.2) is 25.5 Å². The Morgan fingerprint density at radius 3 is 2.88 bits per heavy atom. The average Bonchev–Trinajstić information content (AvgIpc) is 2.76. The highest BCUT2D eigenvalue weighted by Crippen LogP contribution is 2.18. The van der Waals surface area contributed by atoms with Crippen molar-refractivity contribution in [2.24, 2.45) is 0 Å². The fourth-order valence-corrected chi connectivity index (χ4v) is 2.04. The summed E-state index contributed by atoms with van der Waals surface area (Å²) in [6, 6.07) is 3.61. The van der Waals surface area contributed by atoms with Gasteiger partial charge in [0.05, 0.1) is 7.11 Å². The Kier molecular flexibility index (Phi) is 5.42. The van der Waals surface area contributed by atoms with Gasteiger partial charge in [-0.2, -0.15) is 0 Å². The predicted octanol–water partition coefficient (Wildman–Crippen LogP) is 2.07. The average molecular weight is 253 g/mol. The van der Waals surface area contributed by atoms with E-state index in [1.165, 1.54) is 25.4 Å². The molecule has 0 aliphatic heterocycles. The largest absolute Gasteiger partial charge is 0.465 e. The highest BCUT2D eigenvalue weighted by molar-refractivity contribution is 7.14. The summed E-state index contributed by atoms with van der Waals surface area (Å²) < 4.78 is 4.62. The molecule has 0 radical (unpaired) electrons. The van der Waals surface area contributed by atoms with Crippen LogP contribution in [0.15, 0.2) is 18.2 Å². The molecule has 0 atom stereocenters. The molecule has 1 aromatic rings. The molecule has 0 saturated heterocycles. The van der Waals surface area contributed by atoms with E-state index in [2.05, 4.69) is 10.1 Å². The molecule has 1 heterocycles. The Labute approximate surface area is 104 Å². The molecule has 0 aliphatic rings. The third-order valence-corrected chi connectivity index (χ3v) is 3.01. The lowest BCUT2D eigenvalue weighted by molar-refractivity contribution is -0.118. The summed E-state index contributed by atoms with van der Waals surface area (Å²) in [6.07, 6.45) is 4.66. The van der Waals surface area contributed by atoms with Crippen molar-refractivity contribution in [1.82, 2.24) is 5.32 Å². The number of hydrogen-bond acceptors (Lipinski definition) is 4. The first kappa shape index (κ1) is 13.4. The first-order valence-electron chi connectivity index (χ1n) is 5.22. The van der Waals surface area contributed by atoms with Gasteiger partial charge >= 0.3 is 5.97 Å². The number of carbonyl (C=O) groups is 2. The Morgan fingerprint density at radius 1 is 1.47 bits per heavy atom. The van der Waals surface area contributed by atoms with E-state index in [9.17, 15) is 9.59 Å². The van der Waals surface area contributed by atoms with E-state index in [1.807, 2.05) is 18.2 Å². The number of amides is 1. The maximum atomic E-state index is 11.2. The summed E-state index contributed by atoms with van der Waals surface area (Å²) in [4.78, 5) is 23.4. The van der Waals surface area contributed by atoms with E-state index < -0.39 is 0 Å². The molecule has 1 amide bonds. The fourth-order valence-electron chi connectivity index (χ4n) is 1.18. The second-order valence-electron chi connectivity index (χ2n) is 3.37. The van der Waals surface area contributed by atoms with E-state index in [4.69, 9.17) is 0 Å². The number of hydrogen-bond donors (Lipinski definition) is 1. The monoisotopic (exact) mass is 253 g/mol. The van der Waals surface area contributed by atoms with Crippen molar-refractivity contribution in [2.45, 2.75) is 13.3 Å². The summed E-state index contributed by atoms with van der Waals surface area (Å²) in [5.41, 5.74) is 0. The van der Waals surface area contributed by atoms with Gasteiger partial charge in [0.25, 0.3) is 0 Å². The topological polar surface area (TPSA) is 55.4 Å². The van der Waals surface area contributed by atoms with Crippen molar-refractivity contribution in [2.75, 3.05) is 13.7 Å². The summed E-state index contributed by atoms with van der Waals surface area (Å²) in [5.74, 6) is -0.338. The molecule has 1 rings (SSSR count). The molecule has 92 valence electrons. The predicted molar refractivity (Wildman–Crippen MR) is 68.0 cm³/mol. The van der Waals surface area contributed by atoms with Gasteiger partial charge in [0.2, 0.25) is 5.91 Å². The summed E-state index contributed by atoms with van der Waals surface area (Å²) >= 11 is 1.38. The number of esters is 1. The van der Waals surface area contributed by atoms with E-state index in [0.717, 1.165) is 11.3 Å². The highest BCUT2D eigenvalue weighted by Gasteiger charge is 2.06. The molecule has 0 saturated carbocycles. The van der Waals surface area contributed by atoms with Gasteiger partial charge in [-0.25, -0.2) is 4.79 Å². The Balaban J connectivity index is 2.41. The van der Waals surface area contributed by atoms with Crippen molar-refractivity contribution >= 4 is 29.3 Å². The summed E-state index contributed by atoms with van der Waals surface area (Å²) in [5, 5.41) is 2.70. The van der Waals surface area contributed by atoms with Gasteiger partial charge in [0.15, 0.2) is 0 Å². The first-order valence-corrected chi connectivity index (χ1v) is 6.04. The SMILES string of the molecule is COC(=O)c1ccc(C=CCCNC(C)=O)s1. The molecule has 0 bridgehead atoms. The lowest BCUT2D eigenvalue weighted by atomic mass is 10.3. The quantitative estimate of drug-likeness (QED) is 0.645. The van der Waals surface area contributed by atoms with Crippen LogP contribution < -0.4 is 5.32 Å². The van der Waals surface area contributed by atoms with Gasteiger partial charge in [-0.15, -0.1) is 11.3 Å². The van der Waals surface area contributed by atoms with E-state index >= 15 is 0 Å².